The van der Waals surface area contributed by atoms with Crippen molar-refractivity contribution in [1.29, 1.82) is 0 Å². The summed E-state index contributed by atoms with van der Waals surface area (Å²) < 4.78 is 0. The first-order chi connectivity index (χ1) is 4.41. The van der Waals surface area contributed by atoms with Gasteiger partial charge in [0.05, 0.1) is 0 Å². The van der Waals surface area contributed by atoms with E-state index in [0.717, 1.165) is 0 Å². The minimum atomic E-state index is 1.32. The SMILES string of the molecule is CCCCCSSSC. The molecular weight excluding hydrogens is 168 g/mol. The third kappa shape index (κ3) is 9.05. The van der Waals surface area contributed by atoms with E-state index in [-0.39, 0.29) is 0 Å². The van der Waals surface area contributed by atoms with Crippen LogP contribution in [0.15, 0.2) is 0 Å². The molecule has 0 atom stereocenters. The second-order valence-electron chi connectivity index (χ2n) is 1.76. The van der Waals surface area contributed by atoms with Crippen molar-refractivity contribution < 1.29 is 0 Å². The lowest BCUT2D eigenvalue weighted by Gasteiger charge is -1.94. The van der Waals surface area contributed by atoms with Gasteiger partial charge in [-0.1, -0.05) is 41.4 Å². The Morgan fingerprint density at radius 1 is 1.22 bits per heavy atom. The molecule has 0 aromatic rings. The maximum Gasteiger partial charge on any atom is 0.00451 e. The number of rotatable bonds is 6. The molecule has 0 aromatic carbocycles. The fraction of sp³-hybridized carbons (Fsp3) is 1.00. The van der Waals surface area contributed by atoms with Crippen LogP contribution in [0.4, 0.5) is 0 Å². The van der Waals surface area contributed by atoms with Crippen LogP contribution in [0.3, 0.4) is 0 Å². The van der Waals surface area contributed by atoms with E-state index in [0.29, 0.717) is 0 Å². The van der Waals surface area contributed by atoms with Gasteiger partial charge in [-0.3, -0.25) is 0 Å². The standard InChI is InChI=1S/C6H14S3/c1-3-4-5-6-8-9-7-2/h3-6H2,1-2H3. The second-order valence-corrected chi connectivity index (χ2v) is 6.22. The van der Waals surface area contributed by atoms with Crippen LogP contribution in [0.1, 0.15) is 26.2 Å². The van der Waals surface area contributed by atoms with E-state index in [1.54, 1.807) is 0 Å². The van der Waals surface area contributed by atoms with Gasteiger partial charge in [-0.15, -0.1) is 0 Å². The molecule has 0 saturated carbocycles. The lowest BCUT2D eigenvalue weighted by atomic mass is 10.3. The molecule has 0 aromatic heterocycles. The van der Waals surface area contributed by atoms with Crippen LogP contribution in [0.5, 0.6) is 0 Å². The largest absolute Gasteiger partial charge is 0.0860 e. The normalized spacial score (nSPS) is 10.0. The monoisotopic (exact) mass is 182 g/mol. The minimum Gasteiger partial charge on any atom is -0.0860 e. The summed E-state index contributed by atoms with van der Waals surface area (Å²) in [5.74, 6) is 1.32. The van der Waals surface area contributed by atoms with E-state index in [9.17, 15) is 0 Å². The first kappa shape index (κ1) is 10.0. The fourth-order valence-corrected chi connectivity index (χ4v) is 3.30. The molecule has 0 bridgehead atoms. The number of unbranched alkanes of at least 4 members (excludes halogenated alkanes) is 2. The smallest absolute Gasteiger partial charge is 0.00451 e. The summed E-state index contributed by atoms with van der Waals surface area (Å²) in [5, 5.41) is 0. The van der Waals surface area contributed by atoms with E-state index in [1.807, 2.05) is 31.4 Å². The van der Waals surface area contributed by atoms with Crippen molar-refractivity contribution in [2.45, 2.75) is 26.2 Å². The molecule has 0 fully saturated rings. The van der Waals surface area contributed by atoms with Crippen LogP contribution in [-0.4, -0.2) is 12.0 Å². The molecule has 0 aliphatic carbocycles. The Morgan fingerprint density at radius 2 is 2.00 bits per heavy atom. The van der Waals surface area contributed by atoms with Gasteiger partial charge in [0.2, 0.25) is 0 Å². The van der Waals surface area contributed by atoms with E-state index >= 15 is 0 Å². The van der Waals surface area contributed by atoms with Gasteiger partial charge < -0.3 is 0 Å². The van der Waals surface area contributed by atoms with Crippen molar-refractivity contribution in [2.24, 2.45) is 0 Å². The predicted molar refractivity (Wildman–Crippen MR) is 53.1 cm³/mol. The highest BCUT2D eigenvalue weighted by atomic mass is 33.5. The highest BCUT2D eigenvalue weighted by Crippen LogP contribution is 2.32. The van der Waals surface area contributed by atoms with Crippen molar-refractivity contribution >= 4 is 31.4 Å². The van der Waals surface area contributed by atoms with Gasteiger partial charge >= 0.3 is 0 Å². The number of hydrogen-bond acceptors (Lipinski definition) is 3. The summed E-state index contributed by atoms with van der Waals surface area (Å²) in [6.07, 6.45) is 6.23. The van der Waals surface area contributed by atoms with Crippen LogP contribution in [0, 0.1) is 0 Å². The summed E-state index contributed by atoms with van der Waals surface area (Å²) in [6, 6.07) is 0. The van der Waals surface area contributed by atoms with Crippen molar-refractivity contribution in [1.82, 2.24) is 0 Å². The van der Waals surface area contributed by atoms with Gasteiger partial charge in [0.1, 0.15) is 0 Å². The van der Waals surface area contributed by atoms with Gasteiger partial charge in [0.25, 0.3) is 0 Å². The molecule has 9 heavy (non-hydrogen) atoms. The molecule has 56 valence electrons. The zero-order valence-electron chi connectivity index (χ0n) is 6.05. The average molecular weight is 182 g/mol. The summed E-state index contributed by atoms with van der Waals surface area (Å²) in [6.45, 7) is 2.24. The first-order valence-electron chi connectivity index (χ1n) is 3.24. The maximum atomic E-state index is 2.24. The maximum absolute atomic E-state index is 2.24. The zero-order chi connectivity index (χ0) is 6.95. The Hall–Kier alpha value is 1.05. The molecule has 0 nitrogen and oxygen atoms in total. The molecular formula is C6H14S3. The Balaban J connectivity index is 2.60. The highest BCUT2D eigenvalue weighted by molar-refractivity contribution is 9.09. The second kappa shape index (κ2) is 9.05. The Kier molecular flexibility index (Phi) is 10.1. The Labute approximate surface area is 69.7 Å². The molecule has 0 rings (SSSR count). The lowest BCUT2D eigenvalue weighted by Crippen LogP contribution is -1.74. The predicted octanol–water partition coefficient (Wildman–Crippen LogP) is 3.84. The molecule has 0 radical (unpaired) electrons. The summed E-state index contributed by atoms with van der Waals surface area (Å²) >= 11 is 0. The summed E-state index contributed by atoms with van der Waals surface area (Å²) in [4.78, 5) is 0. The van der Waals surface area contributed by atoms with E-state index in [4.69, 9.17) is 0 Å². The van der Waals surface area contributed by atoms with Crippen LogP contribution >= 0.6 is 31.4 Å². The quantitative estimate of drug-likeness (QED) is 0.452. The summed E-state index contributed by atoms with van der Waals surface area (Å²) in [5.41, 5.74) is 0. The molecule has 0 heterocycles. The van der Waals surface area contributed by atoms with Gasteiger partial charge in [0.15, 0.2) is 0 Å². The van der Waals surface area contributed by atoms with Crippen LogP contribution in [-0.2, 0) is 0 Å². The summed E-state index contributed by atoms with van der Waals surface area (Å²) in [7, 11) is 5.70. The van der Waals surface area contributed by atoms with Crippen molar-refractivity contribution in [3.63, 3.8) is 0 Å². The van der Waals surface area contributed by atoms with Crippen LogP contribution in [0.25, 0.3) is 0 Å². The van der Waals surface area contributed by atoms with Gasteiger partial charge in [-0.2, -0.15) is 0 Å². The zero-order valence-corrected chi connectivity index (χ0v) is 8.50. The molecule has 0 N–H and O–H groups in total. The Bertz CT molecular complexity index is 41.6. The molecule has 0 aliphatic heterocycles. The molecule has 0 aliphatic rings. The first-order valence-corrected chi connectivity index (χ1v) is 7.30. The molecule has 0 amide bonds. The van der Waals surface area contributed by atoms with Crippen LogP contribution < -0.4 is 0 Å². The molecule has 0 spiro atoms. The molecule has 0 saturated heterocycles. The van der Waals surface area contributed by atoms with E-state index in [1.165, 1.54) is 25.0 Å². The number of hydrogen-bond donors (Lipinski definition) is 0. The van der Waals surface area contributed by atoms with E-state index < -0.39 is 0 Å². The van der Waals surface area contributed by atoms with Gasteiger partial charge in [0, 0.05) is 5.75 Å². The Morgan fingerprint density at radius 3 is 2.56 bits per heavy atom. The highest BCUT2D eigenvalue weighted by Gasteiger charge is 1.86. The third-order valence-corrected chi connectivity index (χ3v) is 4.92. The van der Waals surface area contributed by atoms with Crippen LogP contribution in [0.2, 0.25) is 0 Å². The molecule has 0 unspecified atom stereocenters. The fourth-order valence-electron chi connectivity index (χ4n) is 0.493. The van der Waals surface area contributed by atoms with Gasteiger partial charge in [-0.05, 0) is 22.5 Å². The minimum absolute atomic E-state index is 1.32. The lowest BCUT2D eigenvalue weighted by molar-refractivity contribution is 0.780. The average Bonchev–Trinajstić information content (AvgIpc) is 1.89. The van der Waals surface area contributed by atoms with E-state index in [2.05, 4.69) is 13.2 Å². The van der Waals surface area contributed by atoms with Crippen molar-refractivity contribution in [3.8, 4) is 0 Å². The van der Waals surface area contributed by atoms with Crippen molar-refractivity contribution in [2.75, 3.05) is 12.0 Å². The van der Waals surface area contributed by atoms with Gasteiger partial charge in [-0.25, -0.2) is 0 Å². The molecule has 3 heteroatoms. The topological polar surface area (TPSA) is 0 Å². The third-order valence-electron chi connectivity index (χ3n) is 0.947. The van der Waals surface area contributed by atoms with Crippen molar-refractivity contribution in [3.05, 3.63) is 0 Å².